The molecule has 0 radical (unpaired) electrons. The van der Waals surface area contributed by atoms with Crippen LogP contribution in [0, 0.1) is 0 Å². The van der Waals surface area contributed by atoms with E-state index >= 15 is 0 Å². The summed E-state index contributed by atoms with van der Waals surface area (Å²) in [5.74, 6) is 0. The predicted molar refractivity (Wildman–Crippen MR) is 52.4 cm³/mol. The molecular weight excluding hydrogens is 188 g/mol. The van der Waals surface area contributed by atoms with Crippen molar-refractivity contribution in [3.05, 3.63) is 10.5 Å². The highest BCUT2D eigenvalue weighted by atomic mass is 32.1. The number of rotatable bonds is 6. The van der Waals surface area contributed by atoms with Gasteiger partial charge in [-0.15, -0.1) is 4.98 Å². The van der Waals surface area contributed by atoms with Crippen molar-refractivity contribution in [2.45, 2.75) is 32.6 Å². The lowest BCUT2D eigenvalue weighted by Crippen LogP contribution is -2.02. The molecule has 0 aliphatic rings. The van der Waals surface area contributed by atoms with Crippen molar-refractivity contribution in [2.24, 2.45) is 0 Å². The number of unbranched alkanes of at least 4 members (excludes halogenated alkanes) is 3. The summed E-state index contributed by atoms with van der Waals surface area (Å²) >= 11 is 1.14. The van der Waals surface area contributed by atoms with Gasteiger partial charge in [0.15, 0.2) is 0 Å². The lowest BCUT2D eigenvalue weighted by Gasteiger charge is -1.99. The van der Waals surface area contributed by atoms with Crippen molar-refractivity contribution in [3.8, 4) is 5.19 Å². The molecule has 0 atom stereocenters. The lowest BCUT2D eigenvalue weighted by molar-refractivity contribution is 0.303. The van der Waals surface area contributed by atoms with Crippen LogP contribution in [-0.4, -0.2) is 16.0 Å². The molecule has 1 aromatic rings. The van der Waals surface area contributed by atoms with Crippen molar-refractivity contribution in [1.82, 2.24) is 9.36 Å². The van der Waals surface area contributed by atoms with Crippen LogP contribution in [0.2, 0.25) is 0 Å². The summed E-state index contributed by atoms with van der Waals surface area (Å²) in [6.07, 6.45) is 4.66. The minimum absolute atomic E-state index is 0.325. The molecule has 0 aliphatic carbocycles. The van der Waals surface area contributed by atoms with E-state index in [-0.39, 0.29) is 5.69 Å². The van der Waals surface area contributed by atoms with Crippen LogP contribution in [0.3, 0.4) is 0 Å². The standard InChI is InChI=1S/C8H14N2O2S/c1-2-3-4-5-6-12-8-9-7(11)10-13-8/h2-6H2,1H3,(H,10,11). The van der Waals surface area contributed by atoms with Crippen LogP contribution in [0.15, 0.2) is 4.79 Å². The van der Waals surface area contributed by atoms with Gasteiger partial charge in [0.25, 0.3) is 5.19 Å². The summed E-state index contributed by atoms with van der Waals surface area (Å²) in [4.78, 5) is 14.2. The number of nitrogens with one attached hydrogen (secondary N) is 1. The molecule has 0 spiro atoms. The molecule has 0 saturated carbocycles. The molecule has 1 rings (SSSR count). The van der Waals surface area contributed by atoms with Crippen molar-refractivity contribution < 1.29 is 4.74 Å². The molecule has 4 nitrogen and oxygen atoms in total. The van der Waals surface area contributed by atoms with Gasteiger partial charge in [-0.2, -0.15) is 0 Å². The average Bonchev–Trinajstić information content (AvgIpc) is 2.51. The first-order valence-electron chi connectivity index (χ1n) is 4.51. The average molecular weight is 202 g/mol. The summed E-state index contributed by atoms with van der Waals surface area (Å²) in [7, 11) is 0. The van der Waals surface area contributed by atoms with Gasteiger partial charge < -0.3 is 4.74 Å². The summed E-state index contributed by atoms with van der Waals surface area (Å²) in [5, 5.41) is 0.446. The Kier molecular flexibility index (Phi) is 4.53. The van der Waals surface area contributed by atoms with Crippen LogP contribution >= 0.6 is 11.5 Å². The topological polar surface area (TPSA) is 55.0 Å². The third kappa shape index (κ3) is 4.07. The fourth-order valence-corrected chi connectivity index (χ4v) is 1.46. The predicted octanol–water partition coefficient (Wildman–Crippen LogP) is 1.79. The Morgan fingerprint density at radius 2 is 2.31 bits per heavy atom. The first-order chi connectivity index (χ1) is 6.33. The second kappa shape index (κ2) is 5.75. The minimum atomic E-state index is -0.325. The smallest absolute Gasteiger partial charge is 0.358 e. The van der Waals surface area contributed by atoms with E-state index < -0.39 is 0 Å². The van der Waals surface area contributed by atoms with Crippen molar-refractivity contribution in [1.29, 1.82) is 0 Å². The van der Waals surface area contributed by atoms with E-state index in [0.29, 0.717) is 11.8 Å². The molecule has 0 unspecified atom stereocenters. The molecule has 0 amide bonds. The minimum Gasteiger partial charge on any atom is -0.469 e. The van der Waals surface area contributed by atoms with Crippen LogP contribution in [0.5, 0.6) is 5.19 Å². The Morgan fingerprint density at radius 3 is 2.92 bits per heavy atom. The van der Waals surface area contributed by atoms with Crippen molar-refractivity contribution in [3.63, 3.8) is 0 Å². The second-order valence-electron chi connectivity index (χ2n) is 2.80. The van der Waals surface area contributed by atoms with Crippen LogP contribution in [0.1, 0.15) is 32.6 Å². The summed E-state index contributed by atoms with van der Waals surface area (Å²) in [5.41, 5.74) is -0.325. The molecule has 0 bridgehead atoms. The van der Waals surface area contributed by atoms with Crippen LogP contribution in [0.25, 0.3) is 0 Å². The van der Waals surface area contributed by atoms with E-state index in [1.807, 2.05) is 0 Å². The van der Waals surface area contributed by atoms with E-state index in [2.05, 4.69) is 16.3 Å². The number of nitrogens with zero attached hydrogens (tertiary/aromatic N) is 1. The zero-order chi connectivity index (χ0) is 9.52. The SMILES string of the molecule is CCCCCCOc1nc(=O)[nH]s1. The van der Waals surface area contributed by atoms with E-state index in [9.17, 15) is 4.79 Å². The fraction of sp³-hybridized carbons (Fsp3) is 0.750. The number of aromatic amines is 1. The molecular formula is C8H14N2O2S. The van der Waals surface area contributed by atoms with E-state index in [1.165, 1.54) is 19.3 Å². The largest absolute Gasteiger partial charge is 0.469 e. The number of hydrogen-bond donors (Lipinski definition) is 1. The number of H-pyrrole nitrogens is 1. The van der Waals surface area contributed by atoms with Gasteiger partial charge in [-0.25, -0.2) is 4.79 Å². The molecule has 5 heteroatoms. The van der Waals surface area contributed by atoms with Crippen LogP contribution in [0.4, 0.5) is 0 Å². The van der Waals surface area contributed by atoms with Gasteiger partial charge in [-0.3, -0.25) is 4.37 Å². The van der Waals surface area contributed by atoms with E-state index in [1.54, 1.807) is 0 Å². The van der Waals surface area contributed by atoms with E-state index in [4.69, 9.17) is 4.74 Å². The Hall–Kier alpha value is -0.840. The zero-order valence-electron chi connectivity index (χ0n) is 7.71. The maximum Gasteiger partial charge on any atom is 0.358 e. The van der Waals surface area contributed by atoms with Gasteiger partial charge in [-0.1, -0.05) is 26.2 Å². The number of aromatic nitrogens is 2. The number of ether oxygens (including phenoxy) is 1. The first kappa shape index (κ1) is 10.2. The summed E-state index contributed by atoms with van der Waals surface area (Å²) in [6.45, 7) is 2.82. The molecule has 0 saturated heterocycles. The summed E-state index contributed by atoms with van der Waals surface area (Å²) < 4.78 is 7.72. The van der Waals surface area contributed by atoms with Crippen molar-refractivity contribution in [2.75, 3.05) is 6.61 Å². The van der Waals surface area contributed by atoms with E-state index in [0.717, 1.165) is 18.0 Å². The fourth-order valence-electron chi connectivity index (χ4n) is 0.966. The maximum atomic E-state index is 10.6. The molecule has 74 valence electrons. The third-order valence-corrected chi connectivity index (χ3v) is 2.30. The molecule has 0 aliphatic heterocycles. The Bertz CT molecular complexity index is 282. The normalized spacial score (nSPS) is 10.2. The van der Waals surface area contributed by atoms with Gasteiger partial charge in [0.1, 0.15) is 0 Å². The summed E-state index contributed by atoms with van der Waals surface area (Å²) in [6, 6.07) is 0. The third-order valence-electron chi connectivity index (χ3n) is 1.64. The highest BCUT2D eigenvalue weighted by Crippen LogP contribution is 2.08. The Morgan fingerprint density at radius 1 is 1.46 bits per heavy atom. The highest BCUT2D eigenvalue weighted by Gasteiger charge is 1.98. The maximum absolute atomic E-state index is 10.6. The molecule has 0 aromatic carbocycles. The van der Waals surface area contributed by atoms with Crippen molar-refractivity contribution >= 4 is 11.5 Å². The Balaban J connectivity index is 2.09. The highest BCUT2D eigenvalue weighted by molar-refractivity contribution is 7.07. The first-order valence-corrected chi connectivity index (χ1v) is 5.33. The lowest BCUT2D eigenvalue weighted by atomic mass is 10.2. The molecule has 0 fully saturated rings. The molecule has 1 heterocycles. The van der Waals surface area contributed by atoms with Gasteiger partial charge in [0.2, 0.25) is 0 Å². The Labute approximate surface area is 81.1 Å². The van der Waals surface area contributed by atoms with Gasteiger partial charge in [-0.05, 0) is 6.42 Å². The van der Waals surface area contributed by atoms with Gasteiger partial charge >= 0.3 is 5.69 Å². The monoisotopic (exact) mass is 202 g/mol. The van der Waals surface area contributed by atoms with Crippen LogP contribution in [-0.2, 0) is 0 Å². The van der Waals surface area contributed by atoms with Gasteiger partial charge in [0.05, 0.1) is 6.61 Å². The molecule has 1 N–H and O–H groups in total. The number of hydrogen-bond acceptors (Lipinski definition) is 4. The molecule has 13 heavy (non-hydrogen) atoms. The quantitative estimate of drug-likeness (QED) is 0.715. The van der Waals surface area contributed by atoms with Crippen LogP contribution < -0.4 is 10.4 Å². The second-order valence-corrected chi connectivity index (χ2v) is 3.55. The molecule has 1 aromatic heterocycles. The van der Waals surface area contributed by atoms with Gasteiger partial charge in [0, 0.05) is 11.5 Å². The zero-order valence-corrected chi connectivity index (χ0v) is 8.52.